The Bertz CT molecular complexity index is 93.7. The molecule has 0 aromatic carbocycles. The van der Waals surface area contributed by atoms with E-state index in [4.69, 9.17) is 15.9 Å². The maximum absolute atomic E-state index is 8.78. The molecule has 0 aromatic heterocycles. The molecule has 0 atom stereocenters. The molecule has 0 bridgehead atoms. The van der Waals surface area contributed by atoms with Crippen LogP contribution in [-0.4, -0.2) is 43.2 Å². The molecule has 0 amide bonds. The van der Waals surface area contributed by atoms with E-state index in [1.165, 1.54) is 0 Å². The minimum Gasteiger partial charge on any atom is -0.396 e. The minimum atomic E-state index is -0.665. The summed E-state index contributed by atoms with van der Waals surface area (Å²) >= 11 is 0. The van der Waals surface area contributed by atoms with Gasteiger partial charge < -0.3 is 20.9 Å². The topological polar surface area (TPSA) is 78.8 Å². The summed E-state index contributed by atoms with van der Waals surface area (Å²) in [4.78, 5) is 3.57. The van der Waals surface area contributed by atoms with E-state index in [-0.39, 0.29) is 19.8 Å². The second kappa shape index (κ2) is 4.38. The highest BCUT2D eigenvalue weighted by Gasteiger charge is 2.25. The van der Waals surface area contributed by atoms with E-state index in [2.05, 4.69) is 11.7 Å². The second-order valence-electron chi connectivity index (χ2n) is 2.40. The van der Waals surface area contributed by atoms with Gasteiger partial charge in [-0.15, -0.1) is 0 Å². The van der Waals surface area contributed by atoms with Gasteiger partial charge in [-0.3, -0.25) is 0 Å². The zero-order chi connectivity index (χ0) is 8.04. The van der Waals surface area contributed by atoms with Gasteiger partial charge in [0.25, 0.3) is 0 Å². The molecule has 0 radical (unpaired) electrons. The third kappa shape index (κ3) is 2.06. The van der Waals surface area contributed by atoms with Crippen LogP contribution in [0.15, 0.2) is 4.99 Å². The molecule has 0 aromatic rings. The predicted molar refractivity (Wildman–Crippen MR) is 40.1 cm³/mol. The van der Waals surface area contributed by atoms with Gasteiger partial charge in [-0.2, -0.15) is 0 Å². The van der Waals surface area contributed by atoms with Crippen LogP contribution in [-0.2, 0) is 0 Å². The maximum atomic E-state index is 8.78. The van der Waals surface area contributed by atoms with Gasteiger partial charge in [0.05, 0.1) is 13.2 Å². The first-order valence-electron chi connectivity index (χ1n) is 3.09. The lowest BCUT2D eigenvalue weighted by atomic mass is 9.91. The van der Waals surface area contributed by atoms with Crippen LogP contribution in [0.3, 0.4) is 0 Å². The summed E-state index contributed by atoms with van der Waals surface area (Å²) < 4.78 is 0. The largest absolute Gasteiger partial charge is 0.396 e. The first-order valence-corrected chi connectivity index (χ1v) is 3.09. The Morgan fingerprint density at radius 3 is 2.00 bits per heavy atom. The normalized spacial score (nSPS) is 11.5. The lowest BCUT2D eigenvalue weighted by molar-refractivity contribution is 0.0694. The summed E-state index contributed by atoms with van der Waals surface area (Å²) in [5.74, 6) is 0. The number of nitrogens with zero attached hydrogens (tertiary/aromatic N) is 1. The van der Waals surface area contributed by atoms with E-state index < -0.39 is 5.41 Å². The average Bonchev–Trinajstić information content (AvgIpc) is 2.01. The van der Waals surface area contributed by atoms with Crippen molar-refractivity contribution in [2.75, 3.05) is 26.3 Å². The second-order valence-corrected chi connectivity index (χ2v) is 2.40. The highest BCUT2D eigenvalue weighted by atomic mass is 16.3. The van der Waals surface area contributed by atoms with Crippen molar-refractivity contribution in [1.29, 1.82) is 0 Å². The van der Waals surface area contributed by atoms with E-state index >= 15 is 0 Å². The number of hydrogen-bond donors (Lipinski definition) is 3. The number of rotatable bonds is 5. The zero-order valence-corrected chi connectivity index (χ0v) is 5.95. The summed E-state index contributed by atoms with van der Waals surface area (Å²) in [6.07, 6.45) is 0. The van der Waals surface area contributed by atoms with Crippen LogP contribution in [0, 0.1) is 5.41 Å². The van der Waals surface area contributed by atoms with Crippen molar-refractivity contribution in [1.82, 2.24) is 0 Å². The van der Waals surface area contributed by atoms with Crippen LogP contribution >= 0.6 is 0 Å². The molecule has 0 saturated carbocycles. The quantitative estimate of drug-likeness (QED) is 0.418. The number of hydrogen-bond acceptors (Lipinski definition) is 4. The SMILES string of the molecule is C=NCC(CN)(CO)CO. The minimum absolute atomic E-state index is 0.154. The van der Waals surface area contributed by atoms with Gasteiger partial charge >= 0.3 is 0 Å². The molecule has 0 unspecified atom stereocenters. The van der Waals surface area contributed by atoms with E-state index in [9.17, 15) is 0 Å². The van der Waals surface area contributed by atoms with Crippen LogP contribution in [0.1, 0.15) is 0 Å². The van der Waals surface area contributed by atoms with Gasteiger partial charge in [-0.05, 0) is 6.72 Å². The van der Waals surface area contributed by atoms with Crippen molar-refractivity contribution in [2.24, 2.45) is 16.1 Å². The molecule has 60 valence electrons. The zero-order valence-electron chi connectivity index (χ0n) is 5.95. The van der Waals surface area contributed by atoms with Crippen LogP contribution in [0.4, 0.5) is 0 Å². The third-order valence-corrected chi connectivity index (χ3v) is 1.55. The molecule has 0 rings (SSSR count). The fourth-order valence-corrected chi connectivity index (χ4v) is 0.581. The van der Waals surface area contributed by atoms with Gasteiger partial charge in [0.1, 0.15) is 0 Å². The number of aliphatic hydroxyl groups is 2. The summed E-state index contributed by atoms with van der Waals surface area (Å²) in [6, 6.07) is 0. The van der Waals surface area contributed by atoms with Crippen molar-refractivity contribution in [3.63, 3.8) is 0 Å². The molecular formula is C6H14N2O2. The van der Waals surface area contributed by atoms with Gasteiger partial charge in [0.15, 0.2) is 0 Å². The molecule has 4 heteroatoms. The van der Waals surface area contributed by atoms with Gasteiger partial charge in [-0.1, -0.05) is 0 Å². The third-order valence-electron chi connectivity index (χ3n) is 1.55. The Morgan fingerprint density at radius 1 is 1.40 bits per heavy atom. The van der Waals surface area contributed by atoms with Crippen LogP contribution in [0.2, 0.25) is 0 Å². The van der Waals surface area contributed by atoms with Gasteiger partial charge in [0, 0.05) is 18.5 Å². The lowest BCUT2D eigenvalue weighted by Crippen LogP contribution is -2.40. The average molecular weight is 146 g/mol. The highest BCUT2D eigenvalue weighted by molar-refractivity contribution is 5.23. The number of aliphatic imine (C=N–C) groups is 1. The fraction of sp³-hybridized carbons (Fsp3) is 0.833. The molecule has 0 aliphatic heterocycles. The molecular weight excluding hydrogens is 132 g/mol. The molecule has 0 aliphatic carbocycles. The number of nitrogens with two attached hydrogens (primary N) is 1. The maximum Gasteiger partial charge on any atom is 0.0539 e. The summed E-state index contributed by atoms with van der Waals surface area (Å²) in [5.41, 5.74) is 4.64. The van der Waals surface area contributed by atoms with Crippen molar-refractivity contribution in [3.8, 4) is 0 Å². The fourth-order valence-electron chi connectivity index (χ4n) is 0.581. The first kappa shape index (κ1) is 9.55. The lowest BCUT2D eigenvalue weighted by Gasteiger charge is -2.25. The molecule has 10 heavy (non-hydrogen) atoms. The Hall–Kier alpha value is -0.450. The van der Waals surface area contributed by atoms with E-state index in [1.54, 1.807) is 0 Å². The molecule has 0 aliphatic rings. The van der Waals surface area contributed by atoms with E-state index in [0.717, 1.165) is 0 Å². The first-order chi connectivity index (χ1) is 4.74. The van der Waals surface area contributed by atoms with Crippen molar-refractivity contribution in [3.05, 3.63) is 0 Å². The van der Waals surface area contributed by atoms with E-state index in [1.807, 2.05) is 0 Å². The van der Waals surface area contributed by atoms with Crippen LogP contribution in [0.25, 0.3) is 0 Å². The highest BCUT2D eigenvalue weighted by Crippen LogP contribution is 2.12. The van der Waals surface area contributed by atoms with Crippen molar-refractivity contribution in [2.45, 2.75) is 0 Å². The van der Waals surface area contributed by atoms with Crippen molar-refractivity contribution < 1.29 is 10.2 Å². The molecule has 0 saturated heterocycles. The molecule has 0 heterocycles. The Balaban J connectivity index is 4.00. The van der Waals surface area contributed by atoms with Gasteiger partial charge in [-0.25, -0.2) is 0 Å². The van der Waals surface area contributed by atoms with Crippen LogP contribution < -0.4 is 5.73 Å². The molecule has 4 nitrogen and oxygen atoms in total. The van der Waals surface area contributed by atoms with E-state index in [0.29, 0.717) is 6.54 Å². The Labute approximate surface area is 60.4 Å². The van der Waals surface area contributed by atoms with Crippen LogP contribution in [0.5, 0.6) is 0 Å². The summed E-state index contributed by atoms with van der Waals surface area (Å²) in [6.45, 7) is 3.48. The Morgan fingerprint density at radius 2 is 1.90 bits per heavy atom. The smallest absolute Gasteiger partial charge is 0.0539 e. The summed E-state index contributed by atoms with van der Waals surface area (Å²) in [5, 5.41) is 17.6. The standard InChI is InChI=1S/C6H14N2O2/c1-8-3-6(2-7,4-9)5-10/h9-10H,1-5,7H2. The summed E-state index contributed by atoms with van der Waals surface area (Å²) in [7, 11) is 0. The van der Waals surface area contributed by atoms with Gasteiger partial charge in [0.2, 0.25) is 0 Å². The van der Waals surface area contributed by atoms with Crippen molar-refractivity contribution >= 4 is 6.72 Å². The Kier molecular flexibility index (Phi) is 4.18. The molecule has 0 spiro atoms. The molecule has 0 fully saturated rings. The monoisotopic (exact) mass is 146 g/mol. The predicted octanol–water partition coefficient (Wildman–Crippen LogP) is -1.38. The molecule has 4 N–H and O–H groups in total. The number of aliphatic hydroxyl groups excluding tert-OH is 2.